The Kier molecular flexibility index (Phi) is 14.0. The van der Waals surface area contributed by atoms with Crippen molar-refractivity contribution in [2.75, 3.05) is 18.5 Å². The molecule has 1 aromatic heterocycles. The maximum atomic E-state index is 13.3. The molecule has 1 heterocycles. The first-order valence-electron chi connectivity index (χ1n) is 21.8. The van der Waals surface area contributed by atoms with Crippen LogP contribution in [0.1, 0.15) is 151 Å². The van der Waals surface area contributed by atoms with Gasteiger partial charge in [-0.2, -0.15) is 0 Å². The molecule has 0 bridgehead atoms. The number of allylic oxidation sites excluding steroid dienone is 2. The molecule has 0 spiro atoms. The van der Waals surface area contributed by atoms with Crippen LogP contribution in [0.2, 0.25) is 0 Å². The summed E-state index contributed by atoms with van der Waals surface area (Å²) in [4.78, 5) is 55.3. The average Bonchev–Trinajstić information content (AvgIpc) is 3.17. The van der Waals surface area contributed by atoms with Gasteiger partial charge >= 0.3 is 0 Å². The van der Waals surface area contributed by atoms with Crippen LogP contribution in [0.25, 0.3) is 10.9 Å². The van der Waals surface area contributed by atoms with E-state index in [0.717, 1.165) is 44.9 Å². The van der Waals surface area contributed by atoms with Crippen LogP contribution in [0.4, 0.5) is 5.69 Å². The molecule has 0 unspecified atom stereocenters. The van der Waals surface area contributed by atoms with E-state index in [1.165, 1.54) is 6.20 Å². The minimum Gasteiger partial charge on any atom is -0.494 e. The van der Waals surface area contributed by atoms with Gasteiger partial charge in [-0.25, -0.2) is 0 Å². The molecule has 5 aromatic rings. The Morgan fingerprint density at radius 2 is 1.19 bits per heavy atom. The van der Waals surface area contributed by atoms with Gasteiger partial charge in [0.05, 0.1) is 18.8 Å². The number of hydrogen-bond donors (Lipinski definition) is 2. The van der Waals surface area contributed by atoms with E-state index in [0.29, 0.717) is 47.4 Å². The molecule has 0 aliphatic heterocycles. The molecule has 8 nitrogen and oxygen atoms in total. The third-order valence-electron chi connectivity index (χ3n) is 11.1. The summed E-state index contributed by atoms with van der Waals surface area (Å²) >= 11 is 0. The van der Waals surface area contributed by atoms with Crippen LogP contribution in [0.3, 0.4) is 0 Å². The van der Waals surface area contributed by atoms with E-state index in [1.807, 2.05) is 62.4 Å². The molecule has 0 fully saturated rings. The van der Waals surface area contributed by atoms with E-state index in [1.54, 1.807) is 18.2 Å². The van der Waals surface area contributed by atoms with E-state index in [9.17, 15) is 19.2 Å². The molecule has 1 amide bonds. The Labute approximate surface area is 368 Å². The lowest BCUT2D eigenvalue weighted by molar-refractivity contribution is -0.114. The quantitative estimate of drug-likeness (QED) is 0.143. The molecule has 6 rings (SSSR count). The van der Waals surface area contributed by atoms with Gasteiger partial charge in [-0.1, -0.05) is 132 Å². The predicted octanol–water partition coefficient (Wildman–Crippen LogP) is 11.9. The van der Waals surface area contributed by atoms with Gasteiger partial charge in [-0.15, -0.1) is 0 Å². The Bertz CT molecular complexity index is 2580. The van der Waals surface area contributed by atoms with Gasteiger partial charge in [-0.05, 0) is 99.6 Å². The van der Waals surface area contributed by atoms with Crippen molar-refractivity contribution in [3.8, 4) is 11.5 Å². The molecule has 0 saturated carbocycles. The number of anilines is 1. The smallest absolute Gasteiger partial charge is 0.261 e. The Balaban J connectivity index is 0.000000234. The second kappa shape index (κ2) is 18.3. The standard InChI is InChI=1S/C28H34O3.C26H32N2O3/c1-8-31-25-16-19(22(27(2,3)4)17-23(25)28(5,6)7)15-24(29)21-14-13-18-11-9-10-12-20(18)26(21)30;1-8-31-22-14-21(18(25(2,3)4)13-19(22)26(5,6)7)28-24(30)17-15-27-20-12-10-9-11-16(20)23(17)29/h9-12,14,16-17H,8,13,15H2,1-7H3;9-15H,8H2,1-7H3,(H,27,29)(H,28,30). The van der Waals surface area contributed by atoms with Crippen molar-refractivity contribution in [3.05, 3.63) is 145 Å². The fourth-order valence-electron chi connectivity index (χ4n) is 7.90. The van der Waals surface area contributed by atoms with Crippen LogP contribution in [0, 0.1) is 0 Å². The van der Waals surface area contributed by atoms with E-state index in [2.05, 4.69) is 106 Å². The number of nitrogens with one attached hydrogen (secondary N) is 2. The monoisotopic (exact) mass is 838 g/mol. The van der Waals surface area contributed by atoms with Crippen LogP contribution in [0.5, 0.6) is 11.5 Å². The predicted molar refractivity (Wildman–Crippen MR) is 254 cm³/mol. The topological polar surface area (TPSA) is 115 Å². The molecule has 0 atom stereocenters. The second-order valence-electron chi connectivity index (χ2n) is 20.2. The zero-order valence-electron chi connectivity index (χ0n) is 39.4. The number of amides is 1. The number of rotatable bonds is 9. The Hall–Kier alpha value is -5.76. The number of H-pyrrole nitrogens is 1. The summed E-state index contributed by atoms with van der Waals surface area (Å²) in [7, 11) is 0. The third kappa shape index (κ3) is 10.6. The lowest BCUT2D eigenvalue weighted by Gasteiger charge is -2.29. The molecule has 8 heteroatoms. The zero-order chi connectivity index (χ0) is 45.9. The van der Waals surface area contributed by atoms with E-state index >= 15 is 0 Å². The molecule has 2 N–H and O–H groups in total. The van der Waals surface area contributed by atoms with Gasteiger partial charge in [0.15, 0.2) is 11.6 Å². The van der Waals surface area contributed by atoms with Gasteiger partial charge in [0.25, 0.3) is 5.91 Å². The number of ether oxygens (including phenoxy) is 2. The molecule has 1 aliphatic rings. The summed E-state index contributed by atoms with van der Waals surface area (Å²) in [6, 6.07) is 22.9. The molecule has 0 radical (unpaired) electrons. The maximum Gasteiger partial charge on any atom is 0.261 e. The minimum atomic E-state index is -0.441. The number of Topliss-reactive ketones (excluding diaryl/α,β-unsaturated/α-hetero) is 2. The van der Waals surface area contributed by atoms with Crippen molar-refractivity contribution >= 4 is 34.1 Å². The summed E-state index contributed by atoms with van der Waals surface area (Å²) in [5.41, 5.74) is 7.77. The van der Waals surface area contributed by atoms with Crippen LogP contribution < -0.4 is 20.2 Å². The lowest BCUT2D eigenvalue weighted by Crippen LogP contribution is -2.25. The fraction of sp³-hybridized carbons (Fsp3) is 0.407. The number of hydrogen-bond acceptors (Lipinski definition) is 6. The highest BCUT2D eigenvalue weighted by Crippen LogP contribution is 2.41. The first kappa shape index (κ1) is 47.3. The first-order chi connectivity index (χ1) is 28.9. The van der Waals surface area contributed by atoms with Crippen molar-refractivity contribution in [3.63, 3.8) is 0 Å². The number of carbonyl (C=O) groups is 3. The third-order valence-corrected chi connectivity index (χ3v) is 11.1. The number of para-hydroxylation sites is 1. The number of aromatic amines is 1. The highest BCUT2D eigenvalue weighted by molar-refractivity contribution is 6.27. The summed E-state index contributed by atoms with van der Waals surface area (Å²) in [6.07, 6.45) is 4.07. The summed E-state index contributed by atoms with van der Waals surface area (Å²) in [5.74, 6) is 0.825. The molecule has 0 saturated heterocycles. The number of fused-ring (bicyclic) bond motifs is 2. The molecular weight excluding hydrogens is 773 g/mol. The maximum absolute atomic E-state index is 13.3. The normalized spacial score (nSPS) is 13.1. The van der Waals surface area contributed by atoms with Crippen LogP contribution in [-0.2, 0) is 39.3 Å². The van der Waals surface area contributed by atoms with Crippen molar-refractivity contribution in [1.82, 2.24) is 4.98 Å². The molecule has 328 valence electrons. The summed E-state index contributed by atoms with van der Waals surface area (Å²) < 4.78 is 11.9. The van der Waals surface area contributed by atoms with Gasteiger partial charge in [0, 0.05) is 40.8 Å². The van der Waals surface area contributed by atoms with Crippen LogP contribution in [-0.4, -0.2) is 35.7 Å². The SMILES string of the molecule is CCOc1cc(CC(=O)C2=CCc3ccccc3C2=O)c(C(C)(C)C)cc1C(C)(C)C.CCOc1cc(NC(=O)c2c[nH]c3ccccc3c2=O)c(C(C)(C)C)cc1C(C)(C)C. The fourth-order valence-corrected chi connectivity index (χ4v) is 7.90. The van der Waals surface area contributed by atoms with E-state index in [4.69, 9.17) is 9.47 Å². The molecule has 62 heavy (non-hydrogen) atoms. The minimum absolute atomic E-state index is 0.0800. The van der Waals surface area contributed by atoms with Gasteiger partial charge in [0.1, 0.15) is 17.1 Å². The van der Waals surface area contributed by atoms with Crippen LogP contribution in [0.15, 0.2) is 95.4 Å². The van der Waals surface area contributed by atoms with Gasteiger partial charge < -0.3 is 19.8 Å². The van der Waals surface area contributed by atoms with Crippen molar-refractivity contribution in [1.29, 1.82) is 0 Å². The van der Waals surface area contributed by atoms with Crippen molar-refractivity contribution in [2.45, 2.75) is 131 Å². The largest absolute Gasteiger partial charge is 0.494 e. The number of carbonyl (C=O) groups excluding carboxylic acids is 3. The Morgan fingerprint density at radius 3 is 1.77 bits per heavy atom. The number of pyridine rings is 1. The van der Waals surface area contributed by atoms with Gasteiger partial charge in [-0.3, -0.25) is 19.2 Å². The summed E-state index contributed by atoms with van der Waals surface area (Å²) in [6.45, 7) is 30.7. The lowest BCUT2D eigenvalue weighted by atomic mass is 9.76. The second-order valence-corrected chi connectivity index (χ2v) is 20.2. The van der Waals surface area contributed by atoms with Crippen molar-refractivity contribution < 1.29 is 23.9 Å². The van der Waals surface area contributed by atoms with Gasteiger partial charge in [0.2, 0.25) is 5.43 Å². The number of aromatic nitrogens is 1. The molecule has 1 aliphatic carbocycles. The molecular formula is C54H66N2O6. The zero-order valence-corrected chi connectivity index (χ0v) is 39.4. The van der Waals surface area contributed by atoms with Crippen molar-refractivity contribution in [2.24, 2.45) is 0 Å². The van der Waals surface area contributed by atoms with E-state index in [-0.39, 0.29) is 50.6 Å². The number of benzene rings is 4. The van der Waals surface area contributed by atoms with E-state index < -0.39 is 5.91 Å². The van der Waals surface area contributed by atoms with Crippen LogP contribution >= 0.6 is 0 Å². The first-order valence-corrected chi connectivity index (χ1v) is 21.8. The molecule has 4 aromatic carbocycles. The highest BCUT2D eigenvalue weighted by Gasteiger charge is 2.31. The summed E-state index contributed by atoms with van der Waals surface area (Å²) in [5, 5.41) is 3.47. The average molecular weight is 839 g/mol. The number of ketones is 2. The Morgan fingerprint density at radius 1 is 0.661 bits per heavy atom. The highest BCUT2D eigenvalue weighted by atomic mass is 16.5.